The molecule has 0 aliphatic carbocycles. The summed E-state index contributed by atoms with van der Waals surface area (Å²) in [6, 6.07) is 6.70. The van der Waals surface area contributed by atoms with Crippen molar-refractivity contribution in [2.45, 2.75) is 0 Å². The van der Waals surface area contributed by atoms with Crippen LogP contribution in [0, 0.1) is 5.82 Å². The second kappa shape index (κ2) is 3.31. The van der Waals surface area contributed by atoms with Gasteiger partial charge in [0.25, 0.3) is 0 Å². The van der Waals surface area contributed by atoms with E-state index in [0.29, 0.717) is 0 Å². The lowest BCUT2D eigenvalue weighted by molar-refractivity contribution is 0.622. The van der Waals surface area contributed by atoms with E-state index in [1.807, 2.05) is 12.1 Å². The fourth-order valence-corrected chi connectivity index (χ4v) is 1.07. The molecule has 0 atom stereocenters. The molecule has 0 N–H and O–H groups in total. The number of rotatable bonds is 1. The molecule has 2 aromatic heterocycles. The van der Waals surface area contributed by atoms with Crippen LogP contribution in [0.4, 0.5) is 4.39 Å². The van der Waals surface area contributed by atoms with Gasteiger partial charge in [0.05, 0.1) is 11.9 Å². The van der Waals surface area contributed by atoms with Gasteiger partial charge >= 0.3 is 0 Å². The zero-order valence-corrected chi connectivity index (χ0v) is 6.81. The molecular formula is C10H7FN2. The fraction of sp³-hybridized carbons (Fsp3) is 0. The van der Waals surface area contributed by atoms with E-state index >= 15 is 0 Å². The minimum absolute atomic E-state index is 0.321. The highest BCUT2D eigenvalue weighted by molar-refractivity contribution is 5.57. The second-order valence-corrected chi connectivity index (χ2v) is 2.60. The van der Waals surface area contributed by atoms with Gasteiger partial charge < -0.3 is 0 Å². The molecule has 2 rings (SSSR count). The van der Waals surface area contributed by atoms with E-state index in [1.165, 1.54) is 12.3 Å². The minimum Gasteiger partial charge on any atom is -0.265 e. The van der Waals surface area contributed by atoms with Gasteiger partial charge in [0, 0.05) is 18.0 Å². The summed E-state index contributed by atoms with van der Waals surface area (Å²) < 4.78 is 12.5. The third kappa shape index (κ3) is 1.69. The molecule has 0 spiro atoms. The lowest BCUT2D eigenvalue weighted by Crippen LogP contribution is -1.84. The van der Waals surface area contributed by atoms with Gasteiger partial charge in [0.15, 0.2) is 0 Å². The van der Waals surface area contributed by atoms with Gasteiger partial charge in [0.1, 0.15) is 5.82 Å². The third-order valence-corrected chi connectivity index (χ3v) is 1.70. The van der Waals surface area contributed by atoms with Crippen LogP contribution in [0.5, 0.6) is 0 Å². The summed E-state index contributed by atoms with van der Waals surface area (Å²) in [5, 5.41) is 0. The van der Waals surface area contributed by atoms with Crippen LogP contribution >= 0.6 is 0 Å². The van der Waals surface area contributed by atoms with E-state index in [1.54, 1.807) is 18.5 Å². The number of hydrogen-bond donors (Lipinski definition) is 0. The van der Waals surface area contributed by atoms with E-state index in [-0.39, 0.29) is 5.82 Å². The Morgan fingerprint density at radius 1 is 1.00 bits per heavy atom. The molecule has 2 nitrogen and oxygen atoms in total. The molecule has 0 aliphatic heterocycles. The molecule has 0 saturated heterocycles. The molecule has 0 radical (unpaired) electrons. The highest BCUT2D eigenvalue weighted by Crippen LogP contribution is 2.14. The second-order valence-electron chi connectivity index (χ2n) is 2.60. The number of aromatic nitrogens is 2. The van der Waals surface area contributed by atoms with Crippen LogP contribution < -0.4 is 0 Å². The van der Waals surface area contributed by atoms with Crippen molar-refractivity contribution in [3.05, 3.63) is 48.7 Å². The maximum Gasteiger partial charge on any atom is 0.141 e. The van der Waals surface area contributed by atoms with E-state index in [4.69, 9.17) is 0 Å². The lowest BCUT2D eigenvalue weighted by Gasteiger charge is -1.98. The Morgan fingerprint density at radius 2 is 1.77 bits per heavy atom. The van der Waals surface area contributed by atoms with Crippen molar-refractivity contribution in [3.63, 3.8) is 0 Å². The standard InChI is InChI=1S/C10H7FN2/c11-9-1-2-10(13-7-9)8-3-5-12-6-4-8/h1-7H. The van der Waals surface area contributed by atoms with E-state index in [2.05, 4.69) is 9.97 Å². The molecule has 0 aromatic carbocycles. The third-order valence-electron chi connectivity index (χ3n) is 1.70. The molecule has 2 aromatic rings. The number of nitrogens with zero attached hydrogens (tertiary/aromatic N) is 2. The van der Waals surface area contributed by atoms with Crippen LogP contribution in [0.1, 0.15) is 0 Å². The Hall–Kier alpha value is -1.77. The molecule has 13 heavy (non-hydrogen) atoms. The summed E-state index contributed by atoms with van der Waals surface area (Å²) in [6.45, 7) is 0. The summed E-state index contributed by atoms with van der Waals surface area (Å²) >= 11 is 0. The maximum absolute atomic E-state index is 12.5. The Kier molecular flexibility index (Phi) is 2.00. The van der Waals surface area contributed by atoms with E-state index in [0.717, 1.165) is 11.3 Å². The normalized spacial score (nSPS) is 9.92. The van der Waals surface area contributed by atoms with Crippen LogP contribution in [0.3, 0.4) is 0 Å². The Bertz CT molecular complexity index is 383. The molecule has 0 amide bonds. The van der Waals surface area contributed by atoms with Crippen LogP contribution in [-0.4, -0.2) is 9.97 Å². The molecule has 0 bridgehead atoms. The van der Waals surface area contributed by atoms with Gasteiger partial charge in [-0.05, 0) is 24.3 Å². The Balaban J connectivity index is 2.42. The van der Waals surface area contributed by atoms with E-state index in [9.17, 15) is 4.39 Å². The summed E-state index contributed by atoms with van der Waals surface area (Å²) in [5.74, 6) is -0.321. The zero-order chi connectivity index (χ0) is 9.10. The first-order valence-electron chi connectivity index (χ1n) is 3.88. The molecule has 64 valence electrons. The highest BCUT2D eigenvalue weighted by Gasteiger charge is 1.97. The topological polar surface area (TPSA) is 25.8 Å². The molecule has 0 fully saturated rings. The molecule has 0 aliphatic rings. The lowest BCUT2D eigenvalue weighted by atomic mass is 10.2. The summed E-state index contributed by atoms with van der Waals surface area (Å²) in [4.78, 5) is 7.83. The van der Waals surface area contributed by atoms with Crippen LogP contribution in [-0.2, 0) is 0 Å². The minimum atomic E-state index is -0.321. The average Bonchev–Trinajstić information content (AvgIpc) is 2.20. The predicted molar refractivity (Wildman–Crippen MR) is 47.4 cm³/mol. The number of pyridine rings is 2. The Morgan fingerprint density at radius 3 is 2.38 bits per heavy atom. The first-order chi connectivity index (χ1) is 6.36. The molecule has 2 heterocycles. The number of halogens is 1. The largest absolute Gasteiger partial charge is 0.265 e. The van der Waals surface area contributed by atoms with Crippen molar-refractivity contribution in [3.8, 4) is 11.3 Å². The molecule has 0 saturated carbocycles. The molecular weight excluding hydrogens is 167 g/mol. The smallest absolute Gasteiger partial charge is 0.141 e. The summed E-state index contributed by atoms with van der Waals surface area (Å²) in [7, 11) is 0. The van der Waals surface area contributed by atoms with Crippen LogP contribution in [0.2, 0.25) is 0 Å². The predicted octanol–water partition coefficient (Wildman–Crippen LogP) is 2.28. The monoisotopic (exact) mass is 174 g/mol. The van der Waals surface area contributed by atoms with E-state index < -0.39 is 0 Å². The van der Waals surface area contributed by atoms with Crippen molar-refractivity contribution < 1.29 is 4.39 Å². The van der Waals surface area contributed by atoms with Crippen molar-refractivity contribution in [2.24, 2.45) is 0 Å². The summed E-state index contributed by atoms with van der Waals surface area (Å²) in [6.07, 6.45) is 4.57. The average molecular weight is 174 g/mol. The van der Waals surface area contributed by atoms with Crippen LogP contribution in [0.25, 0.3) is 11.3 Å². The van der Waals surface area contributed by atoms with Gasteiger partial charge in [-0.2, -0.15) is 0 Å². The SMILES string of the molecule is Fc1ccc(-c2ccncc2)nc1. The van der Waals surface area contributed by atoms with Gasteiger partial charge in [0.2, 0.25) is 0 Å². The first kappa shape index (κ1) is 7.86. The summed E-state index contributed by atoms with van der Waals surface area (Å²) in [5.41, 5.74) is 1.69. The first-order valence-corrected chi connectivity index (χ1v) is 3.88. The van der Waals surface area contributed by atoms with Gasteiger partial charge in [-0.25, -0.2) is 4.39 Å². The highest BCUT2D eigenvalue weighted by atomic mass is 19.1. The fourth-order valence-electron chi connectivity index (χ4n) is 1.07. The van der Waals surface area contributed by atoms with Gasteiger partial charge in [-0.3, -0.25) is 9.97 Å². The molecule has 0 unspecified atom stereocenters. The molecule has 3 heteroatoms. The zero-order valence-electron chi connectivity index (χ0n) is 6.81. The van der Waals surface area contributed by atoms with Crippen LogP contribution in [0.15, 0.2) is 42.9 Å². The van der Waals surface area contributed by atoms with Gasteiger partial charge in [-0.15, -0.1) is 0 Å². The number of hydrogen-bond acceptors (Lipinski definition) is 2. The maximum atomic E-state index is 12.5. The van der Waals surface area contributed by atoms with Crippen molar-refractivity contribution in [2.75, 3.05) is 0 Å². The van der Waals surface area contributed by atoms with Crippen molar-refractivity contribution in [1.82, 2.24) is 9.97 Å². The quantitative estimate of drug-likeness (QED) is 0.662. The van der Waals surface area contributed by atoms with Crippen molar-refractivity contribution >= 4 is 0 Å². The Labute approximate surface area is 75.1 Å². The van der Waals surface area contributed by atoms with Crippen molar-refractivity contribution in [1.29, 1.82) is 0 Å². The van der Waals surface area contributed by atoms with Gasteiger partial charge in [-0.1, -0.05) is 0 Å².